The number of nitrogens with zero attached hydrogens (tertiary/aromatic N) is 1. The molecule has 2 unspecified atom stereocenters. The van der Waals surface area contributed by atoms with E-state index in [1.54, 1.807) is 6.08 Å². The van der Waals surface area contributed by atoms with Crippen molar-refractivity contribution in [2.24, 2.45) is 0 Å². The molecule has 1 aromatic rings. The van der Waals surface area contributed by atoms with Crippen LogP contribution in [-0.2, 0) is 4.79 Å². The van der Waals surface area contributed by atoms with Gasteiger partial charge in [-0.25, -0.2) is 0 Å². The van der Waals surface area contributed by atoms with Crippen LogP contribution in [0, 0.1) is 0 Å². The van der Waals surface area contributed by atoms with Gasteiger partial charge in [0, 0.05) is 24.6 Å². The molecular formula is C16H22N2O2S. The third kappa shape index (κ3) is 4.33. The maximum Gasteiger partial charge on any atom is 0.242 e. The standard InChI is InChI=1S/C16H22N2O2S/c1-2-14(12-19)17-16(20)15(13-6-4-3-5-7-13)18-8-10-21-11-9-18/h2-7,14-15,19H,1,8-12H2,(H,17,20). The Labute approximate surface area is 130 Å². The van der Waals surface area contributed by atoms with E-state index in [9.17, 15) is 9.90 Å². The van der Waals surface area contributed by atoms with Gasteiger partial charge in [-0.3, -0.25) is 9.69 Å². The number of carbonyl (C=O) groups is 1. The highest BCUT2D eigenvalue weighted by Gasteiger charge is 2.29. The summed E-state index contributed by atoms with van der Waals surface area (Å²) < 4.78 is 0. The molecule has 5 heteroatoms. The monoisotopic (exact) mass is 306 g/mol. The molecule has 0 aromatic heterocycles. The van der Waals surface area contributed by atoms with Crippen molar-refractivity contribution in [3.8, 4) is 0 Å². The molecule has 2 rings (SSSR count). The number of hydrogen-bond acceptors (Lipinski definition) is 4. The fourth-order valence-electron chi connectivity index (χ4n) is 2.44. The number of carbonyl (C=O) groups excluding carboxylic acids is 1. The number of benzene rings is 1. The topological polar surface area (TPSA) is 52.6 Å². The molecule has 4 nitrogen and oxygen atoms in total. The third-order valence-electron chi connectivity index (χ3n) is 3.58. The van der Waals surface area contributed by atoms with E-state index in [0.29, 0.717) is 0 Å². The Morgan fingerprint density at radius 1 is 1.38 bits per heavy atom. The maximum atomic E-state index is 12.7. The molecule has 1 heterocycles. The van der Waals surface area contributed by atoms with Crippen molar-refractivity contribution < 1.29 is 9.90 Å². The molecule has 1 aliphatic heterocycles. The number of nitrogens with one attached hydrogen (secondary N) is 1. The van der Waals surface area contributed by atoms with Crippen LogP contribution < -0.4 is 5.32 Å². The van der Waals surface area contributed by atoms with E-state index in [4.69, 9.17) is 0 Å². The van der Waals surface area contributed by atoms with Crippen LogP contribution in [0.2, 0.25) is 0 Å². The Kier molecular flexibility index (Phi) is 6.29. The number of aliphatic hydroxyl groups excluding tert-OH is 1. The smallest absolute Gasteiger partial charge is 0.242 e. The summed E-state index contributed by atoms with van der Waals surface area (Å²) in [5, 5.41) is 12.1. The van der Waals surface area contributed by atoms with Gasteiger partial charge < -0.3 is 10.4 Å². The Bertz CT molecular complexity index is 461. The van der Waals surface area contributed by atoms with E-state index < -0.39 is 6.04 Å². The van der Waals surface area contributed by atoms with Gasteiger partial charge in [-0.05, 0) is 5.56 Å². The van der Waals surface area contributed by atoms with Crippen LogP contribution in [0.15, 0.2) is 43.0 Å². The molecule has 1 aliphatic rings. The molecule has 1 saturated heterocycles. The fourth-order valence-corrected chi connectivity index (χ4v) is 3.37. The zero-order chi connectivity index (χ0) is 15.1. The van der Waals surface area contributed by atoms with E-state index in [2.05, 4.69) is 16.8 Å². The first-order valence-corrected chi connectivity index (χ1v) is 8.32. The zero-order valence-electron chi connectivity index (χ0n) is 12.1. The lowest BCUT2D eigenvalue weighted by Gasteiger charge is -2.34. The van der Waals surface area contributed by atoms with E-state index in [0.717, 1.165) is 30.2 Å². The largest absolute Gasteiger partial charge is 0.394 e. The summed E-state index contributed by atoms with van der Waals surface area (Å²) in [5.41, 5.74) is 0.989. The normalized spacial score (nSPS) is 18.7. The van der Waals surface area contributed by atoms with Crippen molar-refractivity contribution >= 4 is 17.7 Å². The molecule has 0 aliphatic carbocycles. The highest BCUT2D eigenvalue weighted by atomic mass is 32.2. The second-order valence-corrected chi connectivity index (χ2v) is 6.22. The summed E-state index contributed by atoms with van der Waals surface area (Å²) in [5.74, 6) is 2.01. The number of amides is 1. The minimum Gasteiger partial charge on any atom is -0.394 e. The first kappa shape index (κ1) is 16.1. The molecule has 0 spiro atoms. The first-order chi connectivity index (χ1) is 10.3. The van der Waals surface area contributed by atoms with Crippen LogP contribution in [-0.4, -0.2) is 53.2 Å². The molecule has 2 N–H and O–H groups in total. The van der Waals surface area contributed by atoms with Gasteiger partial charge in [0.1, 0.15) is 6.04 Å². The minimum atomic E-state index is -0.400. The quantitative estimate of drug-likeness (QED) is 0.781. The SMILES string of the molecule is C=CC(CO)NC(=O)C(c1ccccc1)N1CCSCC1. The predicted octanol–water partition coefficient (Wildman–Crippen LogP) is 1.44. The molecule has 1 aromatic carbocycles. The fraction of sp³-hybridized carbons (Fsp3) is 0.438. The van der Waals surface area contributed by atoms with Gasteiger partial charge in [0.05, 0.1) is 12.6 Å². The van der Waals surface area contributed by atoms with Crippen molar-refractivity contribution in [3.05, 3.63) is 48.6 Å². The van der Waals surface area contributed by atoms with Gasteiger partial charge >= 0.3 is 0 Å². The average molecular weight is 306 g/mol. The molecule has 0 radical (unpaired) electrons. The lowest BCUT2D eigenvalue weighted by atomic mass is 10.0. The van der Waals surface area contributed by atoms with Gasteiger partial charge in [0.25, 0.3) is 0 Å². The van der Waals surface area contributed by atoms with Gasteiger partial charge in [-0.1, -0.05) is 36.4 Å². The molecule has 1 fully saturated rings. The summed E-state index contributed by atoms with van der Waals surface area (Å²) in [6.07, 6.45) is 1.56. The summed E-state index contributed by atoms with van der Waals surface area (Å²) in [6.45, 7) is 5.30. The van der Waals surface area contributed by atoms with Gasteiger partial charge in [-0.2, -0.15) is 11.8 Å². The zero-order valence-corrected chi connectivity index (χ0v) is 12.9. The van der Waals surface area contributed by atoms with Gasteiger partial charge in [0.2, 0.25) is 5.91 Å². The maximum absolute atomic E-state index is 12.7. The van der Waals surface area contributed by atoms with E-state index >= 15 is 0 Å². The second-order valence-electron chi connectivity index (χ2n) is 4.99. The number of aliphatic hydroxyl groups is 1. The average Bonchev–Trinajstić information content (AvgIpc) is 2.55. The van der Waals surface area contributed by atoms with Crippen molar-refractivity contribution in [3.63, 3.8) is 0 Å². The van der Waals surface area contributed by atoms with E-state index in [-0.39, 0.29) is 18.6 Å². The lowest BCUT2D eigenvalue weighted by Crippen LogP contribution is -2.47. The Morgan fingerprint density at radius 2 is 2.05 bits per heavy atom. The van der Waals surface area contributed by atoms with E-state index in [1.807, 2.05) is 42.1 Å². The summed E-state index contributed by atoms with van der Waals surface area (Å²) >= 11 is 1.92. The molecule has 114 valence electrons. The summed E-state index contributed by atoms with van der Waals surface area (Å²) in [6, 6.07) is 9.10. The molecule has 21 heavy (non-hydrogen) atoms. The first-order valence-electron chi connectivity index (χ1n) is 7.16. The molecule has 2 atom stereocenters. The molecule has 1 amide bonds. The molecule has 0 saturated carbocycles. The van der Waals surface area contributed by atoms with Crippen LogP contribution in [0.25, 0.3) is 0 Å². The second kappa shape index (κ2) is 8.22. The Hall–Kier alpha value is -1.30. The van der Waals surface area contributed by atoms with Gasteiger partial charge in [0.15, 0.2) is 0 Å². The predicted molar refractivity (Wildman–Crippen MR) is 87.3 cm³/mol. The molecular weight excluding hydrogens is 284 g/mol. The highest BCUT2D eigenvalue weighted by Crippen LogP contribution is 2.24. The van der Waals surface area contributed by atoms with Crippen LogP contribution in [0.3, 0.4) is 0 Å². The Balaban J connectivity index is 2.18. The van der Waals surface area contributed by atoms with Crippen molar-refractivity contribution in [1.82, 2.24) is 10.2 Å². The van der Waals surface area contributed by atoms with Crippen molar-refractivity contribution in [2.45, 2.75) is 12.1 Å². The minimum absolute atomic E-state index is 0.0768. The van der Waals surface area contributed by atoms with E-state index in [1.165, 1.54) is 0 Å². The third-order valence-corrected chi connectivity index (χ3v) is 4.53. The van der Waals surface area contributed by atoms with Crippen LogP contribution >= 0.6 is 11.8 Å². The number of thioether (sulfide) groups is 1. The number of rotatable bonds is 6. The van der Waals surface area contributed by atoms with Crippen molar-refractivity contribution in [1.29, 1.82) is 0 Å². The summed E-state index contributed by atoms with van der Waals surface area (Å²) in [7, 11) is 0. The van der Waals surface area contributed by atoms with Gasteiger partial charge in [-0.15, -0.1) is 6.58 Å². The van der Waals surface area contributed by atoms with Crippen LogP contribution in [0.4, 0.5) is 0 Å². The summed E-state index contributed by atoms with van der Waals surface area (Å²) in [4.78, 5) is 14.9. The van der Waals surface area contributed by atoms with Crippen LogP contribution in [0.5, 0.6) is 0 Å². The lowest BCUT2D eigenvalue weighted by molar-refractivity contribution is -0.127. The number of hydrogen-bond donors (Lipinski definition) is 2. The molecule has 0 bridgehead atoms. The highest BCUT2D eigenvalue weighted by molar-refractivity contribution is 7.99. The van der Waals surface area contributed by atoms with Crippen molar-refractivity contribution in [2.75, 3.05) is 31.2 Å². The Morgan fingerprint density at radius 3 is 2.62 bits per heavy atom. The van der Waals surface area contributed by atoms with Crippen LogP contribution in [0.1, 0.15) is 11.6 Å².